The Balaban J connectivity index is 1.13. The van der Waals surface area contributed by atoms with Gasteiger partial charge in [-0.3, -0.25) is 0 Å². The number of hydrogen-bond donors (Lipinski definition) is 1. The molecule has 8 aromatic carbocycles. The van der Waals surface area contributed by atoms with E-state index in [1.54, 1.807) is 0 Å². The molecule has 0 fully saturated rings. The lowest BCUT2D eigenvalue weighted by Crippen LogP contribution is -2.23. The zero-order chi connectivity index (χ0) is 34.4. The van der Waals surface area contributed by atoms with Crippen LogP contribution in [0.25, 0.3) is 71.8 Å². The van der Waals surface area contributed by atoms with Gasteiger partial charge in [-0.15, -0.1) is 0 Å². The monoisotopic (exact) mass is 666 g/mol. The van der Waals surface area contributed by atoms with Crippen molar-refractivity contribution in [2.24, 2.45) is 0 Å². The first-order valence-corrected chi connectivity index (χ1v) is 17.8. The molecule has 52 heavy (non-hydrogen) atoms. The summed E-state index contributed by atoms with van der Waals surface area (Å²) in [7, 11) is 0. The molecule has 246 valence electrons. The lowest BCUT2D eigenvalue weighted by atomic mass is 9.89. The molecule has 0 aliphatic carbocycles. The summed E-state index contributed by atoms with van der Waals surface area (Å²) in [4.78, 5) is 2.36. The van der Waals surface area contributed by atoms with Crippen LogP contribution in [0, 0.1) is 0 Å². The van der Waals surface area contributed by atoms with E-state index in [0.717, 1.165) is 51.1 Å². The van der Waals surface area contributed by atoms with Crippen LogP contribution in [-0.2, 0) is 6.54 Å². The Morgan fingerprint density at radius 2 is 1.06 bits per heavy atom. The minimum absolute atomic E-state index is 0.747. The number of rotatable bonds is 6. The molecular formula is C49H34N2O. The highest BCUT2D eigenvalue weighted by Gasteiger charge is 2.24. The first-order chi connectivity index (χ1) is 25.8. The average molecular weight is 667 g/mol. The van der Waals surface area contributed by atoms with E-state index in [9.17, 15) is 0 Å². The Labute approximate surface area is 302 Å². The zero-order valence-electron chi connectivity index (χ0n) is 28.5. The number of fused-ring (bicyclic) bond motifs is 5. The summed E-state index contributed by atoms with van der Waals surface area (Å²) < 4.78 is 6.40. The van der Waals surface area contributed by atoms with Crippen molar-refractivity contribution >= 4 is 49.8 Å². The van der Waals surface area contributed by atoms with Crippen LogP contribution in [0.15, 0.2) is 193 Å². The fourth-order valence-corrected chi connectivity index (χ4v) is 7.80. The molecule has 9 aromatic rings. The number of nitrogens with zero attached hydrogens (tertiary/aromatic N) is 1. The number of furan rings is 1. The third kappa shape index (κ3) is 5.14. The van der Waals surface area contributed by atoms with Crippen LogP contribution < -0.4 is 10.2 Å². The van der Waals surface area contributed by atoms with E-state index in [1.165, 1.54) is 49.7 Å². The molecule has 0 bridgehead atoms. The van der Waals surface area contributed by atoms with Gasteiger partial charge in [-0.05, 0) is 92.2 Å². The van der Waals surface area contributed by atoms with E-state index in [2.05, 4.69) is 186 Å². The molecule has 0 spiro atoms. The van der Waals surface area contributed by atoms with Gasteiger partial charge in [0.25, 0.3) is 0 Å². The van der Waals surface area contributed by atoms with Gasteiger partial charge in [0.2, 0.25) is 0 Å². The molecule has 0 amide bonds. The summed E-state index contributed by atoms with van der Waals surface area (Å²) in [6.07, 6.45) is 2.15. The highest BCUT2D eigenvalue weighted by atomic mass is 16.3. The van der Waals surface area contributed by atoms with E-state index in [1.807, 2.05) is 12.1 Å². The smallest absolute Gasteiger partial charge is 0.136 e. The van der Waals surface area contributed by atoms with Crippen molar-refractivity contribution in [1.82, 2.24) is 5.32 Å². The number of anilines is 2. The molecule has 0 unspecified atom stereocenters. The van der Waals surface area contributed by atoms with E-state index in [-0.39, 0.29) is 0 Å². The van der Waals surface area contributed by atoms with Crippen molar-refractivity contribution in [1.29, 1.82) is 0 Å². The van der Waals surface area contributed by atoms with Crippen LogP contribution >= 0.6 is 0 Å². The molecule has 2 heterocycles. The van der Waals surface area contributed by atoms with E-state index in [4.69, 9.17) is 4.42 Å². The third-order valence-corrected chi connectivity index (χ3v) is 10.3. The van der Waals surface area contributed by atoms with Gasteiger partial charge in [0, 0.05) is 40.5 Å². The van der Waals surface area contributed by atoms with Crippen molar-refractivity contribution in [2.45, 2.75) is 6.54 Å². The Hall–Kier alpha value is -6.84. The second-order valence-electron chi connectivity index (χ2n) is 13.4. The van der Waals surface area contributed by atoms with Crippen molar-refractivity contribution < 1.29 is 4.42 Å². The fraction of sp³-hybridized carbons (Fsp3) is 0.0204. The zero-order valence-corrected chi connectivity index (χ0v) is 28.5. The maximum atomic E-state index is 6.40. The SMILES string of the molecule is C1=C(N(c2ccc(-c3ccccc3)cc2)c2ccc(-c3c(-c4ccccc4)ccc4ccccc34)cc2)c2cc3oc4ccccc4c3cc2CN1. The van der Waals surface area contributed by atoms with Crippen molar-refractivity contribution in [2.75, 3.05) is 4.90 Å². The van der Waals surface area contributed by atoms with Crippen molar-refractivity contribution in [3.05, 3.63) is 199 Å². The van der Waals surface area contributed by atoms with Gasteiger partial charge in [-0.25, -0.2) is 0 Å². The van der Waals surface area contributed by atoms with E-state index < -0.39 is 0 Å². The molecule has 0 saturated carbocycles. The largest absolute Gasteiger partial charge is 0.456 e. The van der Waals surface area contributed by atoms with Crippen molar-refractivity contribution in [3.63, 3.8) is 0 Å². The summed E-state index contributed by atoms with van der Waals surface area (Å²) in [5, 5.41) is 8.36. The van der Waals surface area contributed by atoms with Crippen LogP contribution in [0.3, 0.4) is 0 Å². The van der Waals surface area contributed by atoms with Gasteiger partial charge in [0.05, 0.1) is 5.70 Å². The second-order valence-corrected chi connectivity index (χ2v) is 13.4. The Bertz CT molecular complexity index is 2760. The molecule has 1 aromatic heterocycles. The predicted octanol–water partition coefficient (Wildman–Crippen LogP) is 13.0. The molecular weight excluding hydrogens is 633 g/mol. The average Bonchev–Trinajstić information content (AvgIpc) is 3.58. The summed E-state index contributed by atoms with van der Waals surface area (Å²) in [6, 6.07) is 65.2. The fourth-order valence-electron chi connectivity index (χ4n) is 7.80. The van der Waals surface area contributed by atoms with Gasteiger partial charge in [-0.1, -0.05) is 140 Å². The number of para-hydroxylation sites is 1. The minimum atomic E-state index is 0.747. The second kappa shape index (κ2) is 12.5. The van der Waals surface area contributed by atoms with Gasteiger partial charge in [0.1, 0.15) is 11.2 Å². The normalized spacial score (nSPS) is 12.4. The Kier molecular flexibility index (Phi) is 7.21. The van der Waals surface area contributed by atoms with Crippen LogP contribution in [0.5, 0.6) is 0 Å². The lowest BCUT2D eigenvalue weighted by Gasteiger charge is -2.32. The molecule has 1 aliphatic rings. The van der Waals surface area contributed by atoms with Gasteiger partial charge in [0.15, 0.2) is 0 Å². The maximum Gasteiger partial charge on any atom is 0.136 e. The van der Waals surface area contributed by atoms with E-state index in [0.29, 0.717) is 0 Å². The Morgan fingerprint density at radius 1 is 0.442 bits per heavy atom. The number of hydrogen-bond acceptors (Lipinski definition) is 3. The van der Waals surface area contributed by atoms with Crippen LogP contribution in [0.4, 0.5) is 11.4 Å². The molecule has 3 nitrogen and oxygen atoms in total. The van der Waals surface area contributed by atoms with E-state index >= 15 is 0 Å². The Morgan fingerprint density at radius 3 is 1.81 bits per heavy atom. The van der Waals surface area contributed by atoms with Crippen LogP contribution in [-0.4, -0.2) is 0 Å². The molecule has 1 aliphatic heterocycles. The number of benzene rings is 8. The molecule has 0 saturated heterocycles. The summed E-state index contributed by atoms with van der Waals surface area (Å²) >= 11 is 0. The van der Waals surface area contributed by atoms with Crippen LogP contribution in [0.2, 0.25) is 0 Å². The van der Waals surface area contributed by atoms with Gasteiger partial charge >= 0.3 is 0 Å². The number of nitrogens with one attached hydrogen (secondary N) is 1. The third-order valence-electron chi connectivity index (χ3n) is 10.3. The predicted molar refractivity (Wildman–Crippen MR) is 217 cm³/mol. The highest BCUT2D eigenvalue weighted by molar-refractivity contribution is 6.07. The van der Waals surface area contributed by atoms with Gasteiger partial charge in [-0.2, -0.15) is 0 Å². The first-order valence-electron chi connectivity index (χ1n) is 17.8. The maximum absolute atomic E-state index is 6.40. The molecule has 0 radical (unpaired) electrons. The quantitative estimate of drug-likeness (QED) is 0.191. The standard InChI is InChI=1S/C49H34N2O/c1-3-11-33(12-4-1)34-19-24-39(25-20-34)51(46-32-50-31-38-29-45-43-17-9-10-18-47(43)52-48(45)30-44(38)46)40-26-21-37(22-27-40)49-41-16-8-7-15-36(41)23-28-42(49)35-13-5-2-6-14-35/h1-30,32,50H,31H2. The summed E-state index contributed by atoms with van der Waals surface area (Å²) in [6.45, 7) is 0.747. The topological polar surface area (TPSA) is 28.4 Å². The lowest BCUT2D eigenvalue weighted by molar-refractivity contribution is 0.668. The molecule has 1 N–H and O–H groups in total. The summed E-state index contributed by atoms with van der Waals surface area (Å²) in [5.74, 6) is 0. The minimum Gasteiger partial charge on any atom is -0.456 e. The molecule has 3 heteroatoms. The molecule has 0 atom stereocenters. The first kappa shape index (κ1) is 30.0. The van der Waals surface area contributed by atoms with Gasteiger partial charge < -0.3 is 14.6 Å². The summed E-state index contributed by atoms with van der Waals surface area (Å²) in [5.41, 5.74) is 14.7. The molecule has 10 rings (SSSR count). The van der Waals surface area contributed by atoms with Crippen LogP contribution in [0.1, 0.15) is 11.1 Å². The highest BCUT2D eigenvalue weighted by Crippen LogP contribution is 2.43. The van der Waals surface area contributed by atoms with Crippen molar-refractivity contribution in [3.8, 4) is 33.4 Å².